The molecule has 0 bridgehead atoms. The van der Waals surface area contributed by atoms with Crippen molar-refractivity contribution in [3.05, 3.63) is 46.8 Å². The number of fused-ring (bicyclic) bond motifs is 1. The van der Waals surface area contributed by atoms with Crippen LogP contribution in [0.4, 0.5) is 17.6 Å². The van der Waals surface area contributed by atoms with Crippen molar-refractivity contribution in [2.24, 2.45) is 5.92 Å². The lowest BCUT2D eigenvalue weighted by Crippen LogP contribution is -2.33. The third-order valence-corrected chi connectivity index (χ3v) is 8.21. The number of hydrogen-bond acceptors (Lipinski definition) is 4. The van der Waals surface area contributed by atoms with Crippen LogP contribution in [0.1, 0.15) is 120 Å². The van der Waals surface area contributed by atoms with Gasteiger partial charge in [0.1, 0.15) is 0 Å². The van der Waals surface area contributed by atoms with E-state index in [4.69, 9.17) is 9.47 Å². The molecule has 3 rings (SSSR count). The third kappa shape index (κ3) is 10.6. The zero-order valence-electron chi connectivity index (χ0n) is 25.7. The van der Waals surface area contributed by atoms with E-state index in [0.717, 1.165) is 71.0 Å². The average Bonchev–Trinajstić information content (AvgIpc) is 2.96. The van der Waals surface area contributed by atoms with Crippen LogP contribution in [0.25, 0.3) is 11.4 Å². The van der Waals surface area contributed by atoms with Gasteiger partial charge in [-0.05, 0) is 75.5 Å². The van der Waals surface area contributed by atoms with Gasteiger partial charge >= 0.3 is 0 Å². The Morgan fingerprint density at radius 1 is 0.738 bits per heavy atom. The van der Waals surface area contributed by atoms with E-state index >= 15 is 13.2 Å². The van der Waals surface area contributed by atoms with E-state index in [-0.39, 0.29) is 23.4 Å². The molecule has 0 saturated heterocycles. The molecule has 42 heavy (non-hydrogen) atoms. The minimum atomic E-state index is -3.29. The minimum absolute atomic E-state index is 0.0881. The topological polar surface area (TPSA) is 44.2 Å². The number of halogens is 4. The molecule has 0 aliphatic heterocycles. The van der Waals surface area contributed by atoms with Gasteiger partial charge in [0.15, 0.2) is 0 Å². The molecule has 2 aromatic heterocycles. The fourth-order valence-corrected chi connectivity index (χ4v) is 5.66. The first-order chi connectivity index (χ1) is 20.4. The average molecular weight is 595 g/mol. The standard InChI is InChI=1S/C34H50F4N2O2/c1-3-5-11-21-41-23-13-7-9-15-26-18-20-29(39-32(26)35)30-25-27-17-19-28(34(37,38)31(27)33(36)40-30)16-10-8-14-24-42-22-12-6-4-2/h18,20,25,28H,3-17,19,21-24H2,1-2H3. The molecule has 1 aliphatic rings. The zero-order chi connectivity index (χ0) is 30.2. The van der Waals surface area contributed by atoms with Crippen LogP contribution < -0.4 is 0 Å². The monoisotopic (exact) mass is 594 g/mol. The molecule has 1 aliphatic carbocycles. The number of alkyl halides is 2. The molecule has 2 aromatic rings. The van der Waals surface area contributed by atoms with Crippen LogP contribution in [-0.2, 0) is 28.2 Å². The Hall–Kier alpha value is -2.06. The summed E-state index contributed by atoms with van der Waals surface area (Å²) in [6.45, 7) is 7.22. The Labute approximate surface area is 250 Å². The summed E-state index contributed by atoms with van der Waals surface area (Å²) in [5.74, 6) is -6.01. The predicted molar refractivity (Wildman–Crippen MR) is 160 cm³/mol. The molecule has 1 atom stereocenters. The fraction of sp³-hybridized carbons (Fsp3) is 0.706. The highest BCUT2D eigenvalue weighted by molar-refractivity contribution is 5.57. The molecule has 0 spiro atoms. The maximum atomic E-state index is 15.4. The van der Waals surface area contributed by atoms with Crippen LogP contribution in [0.15, 0.2) is 18.2 Å². The molecule has 2 heterocycles. The molecule has 1 unspecified atom stereocenters. The Morgan fingerprint density at radius 3 is 1.95 bits per heavy atom. The number of rotatable bonds is 21. The van der Waals surface area contributed by atoms with Crippen LogP contribution in [0.5, 0.6) is 0 Å². The number of ether oxygens (including phenoxy) is 2. The SMILES string of the molecule is CCCCCOCCCCCc1ccc(-c2cc3c(c(F)n2)C(F)(F)C(CCCCCOCCCCC)CC3)nc1F. The van der Waals surface area contributed by atoms with E-state index in [0.29, 0.717) is 44.5 Å². The van der Waals surface area contributed by atoms with Gasteiger partial charge in [0, 0.05) is 37.9 Å². The molecule has 0 saturated carbocycles. The van der Waals surface area contributed by atoms with Crippen molar-refractivity contribution >= 4 is 0 Å². The van der Waals surface area contributed by atoms with Gasteiger partial charge in [-0.25, -0.2) is 18.7 Å². The van der Waals surface area contributed by atoms with Gasteiger partial charge in [0.05, 0.1) is 17.0 Å². The van der Waals surface area contributed by atoms with Crippen molar-refractivity contribution in [2.45, 2.75) is 123 Å². The Kier molecular flexibility index (Phi) is 15.2. The summed E-state index contributed by atoms with van der Waals surface area (Å²) in [6, 6.07) is 4.69. The summed E-state index contributed by atoms with van der Waals surface area (Å²) in [7, 11) is 0. The van der Waals surface area contributed by atoms with Crippen LogP contribution in [0.2, 0.25) is 0 Å². The van der Waals surface area contributed by atoms with E-state index in [1.54, 1.807) is 12.1 Å². The highest BCUT2D eigenvalue weighted by Gasteiger charge is 2.47. The lowest BCUT2D eigenvalue weighted by Gasteiger charge is -2.33. The second kappa shape index (κ2) is 18.6. The lowest BCUT2D eigenvalue weighted by molar-refractivity contribution is -0.0825. The molecule has 0 N–H and O–H groups in total. The second-order valence-electron chi connectivity index (χ2n) is 11.6. The molecule has 4 nitrogen and oxygen atoms in total. The molecule has 8 heteroatoms. The molecule has 0 amide bonds. The first-order valence-corrected chi connectivity index (χ1v) is 16.3. The number of hydrogen-bond donors (Lipinski definition) is 0. The van der Waals surface area contributed by atoms with Crippen molar-refractivity contribution in [1.82, 2.24) is 9.97 Å². The largest absolute Gasteiger partial charge is 0.381 e. The number of nitrogens with zero attached hydrogens (tertiary/aromatic N) is 2. The van der Waals surface area contributed by atoms with Gasteiger partial charge in [-0.1, -0.05) is 64.9 Å². The number of pyridine rings is 2. The summed E-state index contributed by atoms with van der Waals surface area (Å²) in [5, 5.41) is 0. The second-order valence-corrected chi connectivity index (χ2v) is 11.6. The van der Waals surface area contributed by atoms with Crippen molar-refractivity contribution in [3.63, 3.8) is 0 Å². The summed E-state index contributed by atoms with van der Waals surface area (Å²) < 4.78 is 71.9. The summed E-state index contributed by atoms with van der Waals surface area (Å²) in [5.41, 5.74) is 0.361. The van der Waals surface area contributed by atoms with Crippen LogP contribution >= 0.6 is 0 Å². The first-order valence-electron chi connectivity index (χ1n) is 16.3. The first kappa shape index (κ1) is 34.4. The highest BCUT2D eigenvalue weighted by atomic mass is 19.3. The van der Waals surface area contributed by atoms with Gasteiger partial charge < -0.3 is 9.47 Å². The van der Waals surface area contributed by atoms with Crippen molar-refractivity contribution in [1.29, 1.82) is 0 Å². The third-order valence-electron chi connectivity index (χ3n) is 8.21. The molecule has 0 fully saturated rings. The number of aromatic nitrogens is 2. The van der Waals surface area contributed by atoms with Crippen LogP contribution in [-0.4, -0.2) is 36.4 Å². The van der Waals surface area contributed by atoms with E-state index in [1.807, 2.05) is 0 Å². The smallest absolute Gasteiger partial charge is 0.280 e. The highest BCUT2D eigenvalue weighted by Crippen LogP contribution is 2.47. The minimum Gasteiger partial charge on any atom is -0.381 e. The summed E-state index contributed by atoms with van der Waals surface area (Å²) in [6.07, 6.45) is 13.3. The molecular weight excluding hydrogens is 544 g/mol. The van der Waals surface area contributed by atoms with Gasteiger partial charge in [-0.15, -0.1) is 0 Å². The molecule has 236 valence electrons. The van der Waals surface area contributed by atoms with Gasteiger partial charge in [0.2, 0.25) is 11.9 Å². The quantitative estimate of drug-likeness (QED) is 0.0820. The van der Waals surface area contributed by atoms with Crippen LogP contribution in [0, 0.1) is 17.8 Å². The maximum Gasteiger partial charge on any atom is 0.280 e. The molecular formula is C34H50F4N2O2. The number of unbranched alkanes of at least 4 members (excludes halogenated alkanes) is 8. The van der Waals surface area contributed by atoms with E-state index in [1.165, 1.54) is 18.9 Å². The fourth-order valence-electron chi connectivity index (χ4n) is 5.66. The Balaban J connectivity index is 1.49. The maximum absolute atomic E-state index is 15.4. The van der Waals surface area contributed by atoms with Gasteiger partial charge in [-0.3, -0.25) is 0 Å². The normalized spacial score (nSPS) is 16.1. The van der Waals surface area contributed by atoms with Gasteiger partial charge in [0.25, 0.3) is 5.92 Å². The van der Waals surface area contributed by atoms with E-state index in [9.17, 15) is 4.39 Å². The van der Waals surface area contributed by atoms with Gasteiger partial charge in [-0.2, -0.15) is 8.78 Å². The van der Waals surface area contributed by atoms with Crippen molar-refractivity contribution in [3.8, 4) is 11.4 Å². The zero-order valence-corrected chi connectivity index (χ0v) is 25.7. The summed E-state index contributed by atoms with van der Waals surface area (Å²) >= 11 is 0. The lowest BCUT2D eigenvalue weighted by atomic mass is 9.78. The van der Waals surface area contributed by atoms with Crippen LogP contribution in [0.3, 0.4) is 0 Å². The molecule has 0 aromatic carbocycles. The Morgan fingerprint density at radius 2 is 1.33 bits per heavy atom. The molecule has 0 radical (unpaired) electrons. The summed E-state index contributed by atoms with van der Waals surface area (Å²) in [4.78, 5) is 7.83. The van der Waals surface area contributed by atoms with E-state index in [2.05, 4.69) is 23.8 Å². The predicted octanol–water partition coefficient (Wildman–Crippen LogP) is 9.76. The van der Waals surface area contributed by atoms with Crippen molar-refractivity contribution < 1.29 is 27.0 Å². The van der Waals surface area contributed by atoms with Crippen molar-refractivity contribution in [2.75, 3.05) is 26.4 Å². The number of aryl methyl sites for hydroxylation is 2. The Bertz CT molecular complexity index is 1070. The van der Waals surface area contributed by atoms with E-state index < -0.39 is 29.3 Å².